The molecule has 106 valence electrons. The summed E-state index contributed by atoms with van der Waals surface area (Å²) in [6.45, 7) is 2.86. The Labute approximate surface area is 109 Å². The molecule has 0 heterocycles. The Bertz CT molecular complexity index is 484. The maximum absolute atomic E-state index is 13.3. The third-order valence-corrected chi connectivity index (χ3v) is 2.81. The highest BCUT2D eigenvalue weighted by molar-refractivity contribution is 5.74. The maximum atomic E-state index is 13.3. The molecule has 6 heteroatoms. The van der Waals surface area contributed by atoms with E-state index in [9.17, 15) is 18.0 Å². The van der Waals surface area contributed by atoms with Crippen LogP contribution in [0.3, 0.4) is 0 Å². The fourth-order valence-electron chi connectivity index (χ4n) is 1.77. The van der Waals surface area contributed by atoms with Crippen LogP contribution in [-0.4, -0.2) is 18.2 Å². The predicted molar refractivity (Wildman–Crippen MR) is 63.0 cm³/mol. The fourth-order valence-corrected chi connectivity index (χ4v) is 1.77. The number of halogens is 3. The molecule has 0 aliphatic carbocycles. The van der Waals surface area contributed by atoms with Crippen LogP contribution < -0.4 is 4.74 Å². The van der Waals surface area contributed by atoms with Crippen molar-refractivity contribution in [3.05, 3.63) is 29.1 Å². The first-order valence-electron chi connectivity index (χ1n) is 5.57. The number of rotatable bonds is 5. The first-order valence-corrected chi connectivity index (χ1v) is 5.57. The fraction of sp³-hybridized carbons (Fsp3) is 0.462. The third kappa shape index (κ3) is 3.39. The molecule has 0 fully saturated rings. The van der Waals surface area contributed by atoms with E-state index in [1.165, 1.54) is 21.0 Å². The molecule has 1 aromatic carbocycles. The van der Waals surface area contributed by atoms with Crippen molar-refractivity contribution in [2.24, 2.45) is 5.41 Å². The average molecular weight is 276 g/mol. The summed E-state index contributed by atoms with van der Waals surface area (Å²) in [6.07, 6.45) is -3.00. The molecule has 0 bridgehead atoms. The Morgan fingerprint density at radius 2 is 2.00 bits per heavy atom. The lowest BCUT2D eigenvalue weighted by molar-refractivity contribution is -0.146. The number of hydrogen-bond acceptors (Lipinski definition) is 2. The van der Waals surface area contributed by atoms with Crippen molar-refractivity contribution in [1.29, 1.82) is 0 Å². The van der Waals surface area contributed by atoms with Crippen LogP contribution in [0.2, 0.25) is 0 Å². The van der Waals surface area contributed by atoms with Crippen molar-refractivity contribution in [3.63, 3.8) is 0 Å². The minimum atomic E-state index is -2.89. The highest BCUT2D eigenvalue weighted by atomic mass is 19.3. The summed E-state index contributed by atoms with van der Waals surface area (Å²) in [4.78, 5) is 11.0. The van der Waals surface area contributed by atoms with Crippen molar-refractivity contribution >= 4 is 5.97 Å². The van der Waals surface area contributed by atoms with Crippen LogP contribution in [0.5, 0.6) is 5.75 Å². The SMILES string of the molecule is COc1c(CC(C)(C)C(=O)O)cc(F)cc1C(F)F. The van der Waals surface area contributed by atoms with Crippen LogP contribution >= 0.6 is 0 Å². The molecule has 0 aromatic heterocycles. The second kappa shape index (κ2) is 5.50. The van der Waals surface area contributed by atoms with Gasteiger partial charge in [-0.2, -0.15) is 0 Å². The number of methoxy groups -OCH3 is 1. The van der Waals surface area contributed by atoms with Gasteiger partial charge in [0.15, 0.2) is 0 Å². The molecule has 0 amide bonds. The van der Waals surface area contributed by atoms with Gasteiger partial charge in [-0.05, 0) is 38.0 Å². The molecule has 0 spiro atoms. The average Bonchev–Trinajstić information content (AvgIpc) is 2.27. The van der Waals surface area contributed by atoms with E-state index in [-0.39, 0.29) is 17.7 Å². The van der Waals surface area contributed by atoms with Crippen molar-refractivity contribution in [2.75, 3.05) is 7.11 Å². The number of alkyl halides is 2. The summed E-state index contributed by atoms with van der Waals surface area (Å²) in [5.74, 6) is -2.10. The van der Waals surface area contributed by atoms with Gasteiger partial charge in [0.05, 0.1) is 18.1 Å². The summed E-state index contributed by atoms with van der Waals surface area (Å²) >= 11 is 0. The molecule has 1 N–H and O–H groups in total. The monoisotopic (exact) mass is 276 g/mol. The van der Waals surface area contributed by atoms with E-state index < -0.39 is 29.2 Å². The molecular weight excluding hydrogens is 261 g/mol. The molecule has 3 nitrogen and oxygen atoms in total. The van der Waals surface area contributed by atoms with Gasteiger partial charge in [0.25, 0.3) is 6.43 Å². The van der Waals surface area contributed by atoms with Gasteiger partial charge in [0.1, 0.15) is 11.6 Å². The Morgan fingerprint density at radius 1 is 1.42 bits per heavy atom. The molecule has 19 heavy (non-hydrogen) atoms. The van der Waals surface area contributed by atoms with E-state index >= 15 is 0 Å². The summed E-state index contributed by atoms with van der Waals surface area (Å²) in [5.41, 5.74) is -1.66. The quantitative estimate of drug-likeness (QED) is 0.896. The molecule has 0 unspecified atom stereocenters. The van der Waals surface area contributed by atoms with Gasteiger partial charge in [0, 0.05) is 0 Å². The molecule has 1 rings (SSSR count). The Hall–Kier alpha value is -1.72. The van der Waals surface area contributed by atoms with Gasteiger partial charge in [-0.15, -0.1) is 0 Å². The maximum Gasteiger partial charge on any atom is 0.309 e. The lowest BCUT2D eigenvalue weighted by Crippen LogP contribution is -2.26. The molecular formula is C13H15F3O3. The van der Waals surface area contributed by atoms with Gasteiger partial charge >= 0.3 is 5.97 Å². The summed E-state index contributed by atoms with van der Waals surface area (Å²) in [5, 5.41) is 9.03. The minimum Gasteiger partial charge on any atom is -0.496 e. The lowest BCUT2D eigenvalue weighted by atomic mass is 9.85. The molecule has 0 aliphatic heterocycles. The normalized spacial score (nSPS) is 11.7. The molecule has 1 aromatic rings. The number of carboxylic acid groups (broad SMARTS) is 1. The van der Waals surface area contributed by atoms with Crippen molar-refractivity contribution in [2.45, 2.75) is 26.7 Å². The topological polar surface area (TPSA) is 46.5 Å². The lowest BCUT2D eigenvalue weighted by Gasteiger charge is -2.21. The van der Waals surface area contributed by atoms with E-state index in [2.05, 4.69) is 0 Å². The van der Waals surface area contributed by atoms with E-state index in [4.69, 9.17) is 9.84 Å². The van der Waals surface area contributed by atoms with E-state index in [1.54, 1.807) is 0 Å². The first kappa shape index (κ1) is 15.3. The van der Waals surface area contributed by atoms with E-state index in [0.717, 1.165) is 6.07 Å². The standard InChI is InChI=1S/C13H15F3O3/c1-13(2,12(17)18)6-7-4-8(14)5-9(11(15)16)10(7)19-3/h4-5,11H,6H2,1-3H3,(H,17,18). The molecule has 0 radical (unpaired) electrons. The Balaban J connectivity index is 3.31. The van der Waals surface area contributed by atoms with Gasteiger partial charge in [-0.25, -0.2) is 13.2 Å². The zero-order valence-electron chi connectivity index (χ0n) is 10.8. The Morgan fingerprint density at radius 3 is 2.42 bits per heavy atom. The predicted octanol–water partition coefficient (Wildman–Crippen LogP) is 3.43. The zero-order chi connectivity index (χ0) is 14.8. The number of carboxylic acids is 1. The van der Waals surface area contributed by atoms with E-state index in [1.807, 2.05) is 0 Å². The number of ether oxygens (including phenoxy) is 1. The molecule has 0 atom stereocenters. The van der Waals surface area contributed by atoms with Gasteiger partial charge in [-0.1, -0.05) is 0 Å². The number of aliphatic carboxylic acids is 1. The number of carbonyl (C=O) groups is 1. The van der Waals surface area contributed by atoms with Crippen LogP contribution in [0.25, 0.3) is 0 Å². The Kier molecular flexibility index (Phi) is 4.44. The molecule has 0 aliphatic rings. The second-order valence-electron chi connectivity index (χ2n) is 4.85. The first-order chi connectivity index (χ1) is 8.69. The molecule has 0 saturated carbocycles. The number of benzene rings is 1. The van der Waals surface area contributed by atoms with Crippen LogP contribution in [0.1, 0.15) is 31.4 Å². The smallest absolute Gasteiger partial charge is 0.309 e. The van der Waals surface area contributed by atoms with Crippen LogP contribution in [-0.2, 0) is 11.2 Å². The van der Waals surface area contributed by atoms with Gasteiger partial charge in [0.2, 0.25) is 0 Å². The van der Waals surface area contributed by atoms with Gasteiger partial charge in [-0.3, -0.25) is 4.79 Å². The largest absolute Gasteiger partial charge is 0.496 e. The summed E-state index contributed by atoms with van der Waals surface area (Å²) in [6, 6.07) is 1.72. The van der Waals surface area contributed by atoms with Crippen LogP contribution in [0, 0.1) is 11.2 Å². The second-order valence-corrected chi connectivity index (χ2v) is 4.85. The van der Waals surface area contributed by atoms with E-state index in [0.29, 0.717) is 6.07 Å². The van der Waals surface area contributed by atoms with Crippen LogP contribution in [0.15, 0.2) is 12.1 Å². The highest BCUT2D eigenvalue weighted by Crippen LogP contribution is 2.36. The van der Waals surface area contributed by atoms with Crippen molar-refractivity contribution in [1.82, 2.24) is 0 Å². The summed E-state index contributed by atoms with van der Waals surface area (Å²) in [7, 11) is 1.19. The molecule has 0 saturated heterocycles. The highest BCUT2D eigenvalue weighted by Gasteiger charge is 2.30. The minimum absolute atomic E-state index is 0.108. The zero-order valence-corrected chi connectivity index (χ0v) is 10.8. The van der Waals surface area contributed by atoms with Gasteiger partial charge < -0.3 is 9.84 Å². The number of hydrogen-bond donors (Lipinski definition) is 1. The van der Waals surface area contributed by atoms with Crippen molar-refractivity contribution in [3.8, 4) is 5.75 Å². The summed E-state index contributed by atoms with van der Waals surface area (Å²) < 4.78 is 43.8. The van der Waals surface area contributed by atoms with Crippen molar-refractivity contribution < 1.29 is 27.8 Å². The van der Waals surface area contributed by atoms with Crippen LogP contribution in [0.4, 0.5) is 13.2 Å². The third-order valence-electron chi connectivity index (χ3n) is 2.81.